The Balaban J connectivity index is 1.50. The van der Waals surface area contributed by atoms with Crippen LogP contribution in [0, 0.1) is 5.82 Å². The molecule has 1 fully saturated rings. The van der Waals surface area contributed by atoms with Crippen molar-refractivity contribution in [2.24, 2.45) is 0 Å². The van der Waals surface area contributed by atoms with Crippen molar-refractivity contribution in [1.29, 1.82) is 0 Å². The average molecular weight is 439 g/mol. The highest BCUT2D eigenvalue weighted by Crippen LogP contribution is 2.30. The first-order valence-corrected chi connectivity index (χ1v) is 10.1. The highest BCUT2D eigenvalue weighted by Gasteiger charge is 2.32. The van der Waals surface area contributed by atoms with Gasteiger partial charge < -0.3 is 15.2 Å². The molecule has 0 radical (unpaired) electrons. The number of amides is 2. The van der Waals surface area contributed by atoms with Crippen LogP contribution in [0.1, 0.15) is 18.5 Å². The summed E-state index contributed by atoms with van der Waals surface area (Å²) >= 11 is 0. The largest absolute Gasteiger partial charge is 0.442 e. The number of carbonyl (C=O) groups is 2. The first kappa shape index (κ1) is 21.4. The van der Waals surface area contributed by atoms with Crippen molar-refractivity contribution in [2.45, 2.75) is 19.1 Å². The lowest BCUT2D eigenvalue weighted by Crippen LogP contribution is -2.33. The summed E-state index contributed by atoms with van der Waals surface area (Å²) in [5.41, 5.74) is 2.22. The average Bonchev–Trinajstić information content (AvgIpc) is 3.43. The second-order valence-electron chi connectivity index (χ2n) is 7.42. The fourth-order valence-electron chi connectivity index (χ4n) is 3.61. The van der Waals surface area contributed by atoms with Gasteiger partial charge in [-0.1, -0.05) is 29.5 Å². The molecule has 0 aliphatic carbocycles. The molecule has 1 aliphatic heterocycles. The Hall–Kier alpha value is -3.79. The molecule has 4 rings (SSSR count). The third-order valence-electron chi connectivity index (χ3n) is 5.26. The summed E-state index contributed by atoms with van der Waals surface area (Å²) in [5.74, 6) is -0.698. The van der Waals surface area contributed by atoms with Gasteiger partial charge in [0.25, 0.3) is 0 Å². The molecule has 9 nitrogen and oxygen atoms in total. The lowest BCUT2D eigenvalue weighted by Gasteiger charge is -2.16. The number of hydrogen-bond acceptors (Lipinski definition) is 6. The maximum atomic E-state index is 14.9. The topological polar surface area (TPSA) is 110 Å². The summed E-state index contributed by atoms with van der Waals surface area (Å²) in [6.45, 7) is 1.65. The van der Waals surface area contributed by atoms with Crippen LogP contribution in [0.3, 0.4) is 0 Å². The number of cyclic esters (lactones) is 1. The fourth-order valence-corrected chi connectivity index (χ4v) is 3.61. The highest BCUT2D eigenvalue weighted by molar-refractivity contribution is 5.90. The van der Waals surface area contributed by atoms with Gasteiger partial charge in [0.15, 0.2) is 0 Å². The van der Waals surface area contributed by atoms with E-state index < -0.39 is 18.0 Å². The lowest BCUT2D eigenvalue weighted by molar-refractivity contribution is -0.119. The number of aromatic nitrogens is 3. The number of aliphatic hydroxyl groups is 1. The van der Waals surface area contributed by atoms with Crippen LogP contribution in [0.15, 0.2) is 54.9 Å². The number of nitrogens with one attached hydrogen (secondary N) is 1. The molecule has 2 N–H and O–H groups in total. The van der Waals surface area contributed by atoms with Gasteiger partial charge in [-0.3, -0.25) is 9.69 Å². The van der Waals surface area contributed by atoms with E-state index in [2.05, 4.69) is 15.6 Å². The normalized spacial score (nSPS) is 16.7. The quantitative estimate of drug-likeness (QED) is 0.584. The molecule has 1 saturated heterocycles. The Kier molecular flexibility index (Phi) is 6.13. The summed E-state index contributed by atoms with van der Waals surface area (Å²) < 4.78 is 21.7. The Labute approximate surface area is 183 Å². The Bertz CT molecular complexity index is 1100. The van der Waals surface area contributed by atoms with Crippen LogP contribution in [0.25, 0.3) is 11.1 Å². The van der Waals surface area contributed by atoms with E-state index in [-0.39, 0.29) is 31.6 Å². The first-order chi connectivity index (χ1) is 15.5. The number of hydrogen-bond donors (Lipinski definition) is 2. The van der Waals surface area contributed by atoms with Crippen molar-refractivity contribution in [3.8, 4) is 11.1 Å². The second kappa shape index (κ2) is 9.15. The van der Waals surface area contributed by atoms with Crippen LogP contribution in [0.2, 0.25) is 0 Å². The van der Waals surface area contributed by atoms with E-state index in [0.717, 1.165) is 5.56 Å². The molecule has 0 spiro atoms. The van der Waals surface area contributed by atoms with Gasteiger partial charge in [0.05, 0.1) is 31.6 Å². The molecule has 2 amide bonds. The Morgan fingerprint density at radius 1 is 1.31 bits per heavy atom. The van der Waals surface area contributed by atoms with Crippen molar-refractivity contribution in [1.82, 2.24) is 20.3 Å². The third-order valence-corrected chi connectivity index (χ3v) is 5.26. The second-order valence-corrected chi connectivity index (χ2v) is 7.42. The van der Waals surface area contributed by atoms with Crippen LogP contribution in [0.4, 0.5) is 14.9 Å². The van der Waals surface area contributed by atoms with Gasteiger partial charge in [-0.15, -0.1) is 5.10 Å². The van der Waals surface area contributed by atoms with E-state index in [9.17, 15) is 19.1 Å². The molecule has 0 saturated carbocycles. The highest BCUT2D eigenvalue weighted by atomic mass is 19.1. The molecule has 1 unspecified atom stereocenters. The molecule has 3 aromatic rings. The van der Waals surface area contributed by atoms with E-state index >= 15 is 0 Å². The van der Waals surface area contributed by atoms with Crippen molar-refractivity contribution < 1.29 is 23.8 Å². The first-order valence-electron chi connectivity index (χ1n) is 10.1. The Morgan fingerprint density at radius 2 is 2.09 bits per heavy atom. The number of aliphatic hydroxyl groups excluding tert-OH is 1. The number of rotatable bonds is 7. The van der Waals surface area contributed by atoms with E-state index in [1.807, 2.05) is 0 Å². The molecule has 32 heavy (non-hydrogen) atoms. The monoisotopic (exact) mass is 439 g/mol. The molecule has 2 aromatic carbocycles. The SMILES string of the molecule is CC(=O)NCC1CN(c2ccc(-c3ccc([C@H](CO)n4ccnn4)cc3)c(F)c2)C(=O)O1. The fraction of sp³-hybridized carbons (Fsp3) is 0.273. The van der Waals surface area contributed by atoms with Crippen molar-refractivity contribution in [3.63, 3.8) is 0 Å². The predicted molar refractivity (Wildman–Crippen MR) is 113 cm³/mol. The summed E-state index contributed by atoms with van der Waals surface area (Å²) in [7, 11) is 0. The molecule has 10 heteroatoms. The van der Waals surface area contributed by atoms with Crippen molar-refractivity contribution in [2.75, 3.05) is 24.6 Å². The van der Waals surface area contributed by atoms with Gasteiger partial charge in [-0.25, -0.2) is 13.9 Å². The Morgan fingerprint density at radius 3 is 2.72 bits per heavy atom. The summed E-state index contributed by atoms with van der Waals surface area (Å²) in [4.78, 5) is 24.6. The molecule has 1 aromatic heterocycles. The van der Waals surface area contributed by atoms with Crippen LogP contribution in [0.5, 0.6) is 0 Å². The summed E-state index contributed by atoms with van der Waals surface area (Å²) in [6.07, 6.45) is 2.12. The van der Waals surface area contributed by atoms with Crippen molar-refractivity contribution in [3.05, 3.63) is 66.2 Å². The minimum atomic E-state index is -0.583. The molecular formula is C22H22FN5O4. The zero-order valence-corrected chi connectivity index (χ0v) is 17.3. The van der Waals surface area contributed by atoms with Crippen LogP contribution in [-0.2, 0) is 9.53 Å². The van der Waals surface area contributed by atoms with Gasteiger partial charge in [0.1, 0.15) is 18.0 Å². The van der Waals surface area contributed by atoms with Crippen LogP contribution >= 0.6 is 0 Å². The number of halogens is 1. The predicted octanol–water partition coefficient (Wildman–Crippen LogP) is 2.13. The van der Waals surface area contributed by atoms with Gasteiger partial charge in [-0.05, 0) is 29.3 Å². The maximum Gasteiger partial charge on any atom is 0.414 e. The number of anilines is 1. The summed E-state index contributed by atoms with van der Waals surface area (Å²) in [6, 6.07) is 11.3. The molecule has 0 bridgehead atoms. The maximum absolute atomic E-state index is 14.9. The van der Waals surface area contributed by atoms with E-state index in [1.54, 1.807) is 47.3 Å². The van der Waals surface area contributed by atoms with E-state index in [0.29, 0.717) is 16.8 Å². The van der Waals surface area contributed by atoms with Gasteiger partial charge >= 0.3 is 6.09 Å². The smallest absolute Gasteiger partial charge is 0.414 e. The van der Waals surface area contributed by atoms with Crippen molar-refractivity contribution >= 4 is 17.7 Å². The van der Waals surface area contributed by atoms with Gasteiger partial charge in [0, 0.05) is 18.7 Å². The zero-order chi connectivity index (χ0) is 22.7. The third kappa shape index (κ3) is 4.45. The minimum absolute atomic E-state index is 0.152. The van der Waals surface area contributed by atoms with Crippen LogP contribution in [-0.4, -0.2) is 57.9 Å². The summed E-state index contributed by atoms with van der Waals surface area (Å²) in [5, 5.41) is 20.0. The zero-order valence-electron chi connectivity index (χ0n) is 17.3. The molecule has 166 valence electrons. The number of nitrogens with zero attached hydrogens (tertiary/aromatic N) is 4. The lowest BCUT2D eigenvalue weighted by atomic mass is 10.00. The van der Waals surface area contributed by atoms with E-state index in [1.165, 1.54) is 24.1 Å². The molecule has 1 aliphatic rings. The minimum Gasteiger partial charge on any atom is -0.442 e. The number of benzene rings is 2. The molecule has 2 heterocycles. The van der Waals surface area contributed by atoms with Crippen LogP contribution < -0.4 is 10.2 Å². The van der Waals surface area contributed by atoms with E-state index in [4.69, 9.17) is 4.74 Å². The number of ether oxygens (including phenoxy) is 1. The van der Waals surface area contributed by atoms with Gasteiger partial charge in [-0.2, -0.15) is 0 Å². The molecular weight excluding hydrogens is 417 g/mol. The standard InChI is InChI=1S/C22H22FN5O4/c1-14(30)24-11-18-12-27(22(31)32-18)17-6-7-19(20(23)10-17)15-2-4-16(5-3-15)21(13-29)28-9-8-25-26-28/h2-10,18,21,29H,11-13H2,1H3,(H,24,30)/t18?,21-/m0/s1. The number of carbonyl (C=O) groups excluding carboxylic acids is 2. The van der Waals surface area contributed by atoms with Gasteiger partial charge in [0.2, 0.25) is 5.91 Å². The molecule has 2 atom stereocenters.